The van der Waals surface area contributed by atoms with E-state index in [0.717, 1.165) is 18.8 Å². The predicted molar refractivity (Wildman–Crippen MR) is 110 cm³/mol. The van der Waals surface area contributed by atoms with Crippen molar-refractivity contribution in [1.29, 1.82) is 0 Å². The zero-order valence-corrected chi connectivity index (χ0v) is 15.9. The van der Waals surface area contributed by atoms with Gasteiger partial charge in [-0.2, -0.15) is 0 Å². The summed E-state index contributed by atoms with van der Waals surface area (Å²) >= 11 is 0. The third-order valence-electron chi connectivity index (χ3n) is 4.60. The van der Waals surface area contributed by atoms with E-state index in [-0.39, 0.29) is 24.0 Å². The summed E-state index contributed by atoms with van der Waals surface area (Å²) in [5.74, 6) is -1.02. The summed E-state index contributed by atoms with van der Waals surface area (Å²) in [6, 6.07) is 11.9. The lowest BCUT2D eigenvalue weighted by Gasteiger charge is -2.28. The molecule has 2 aromatic rings. The van der Waals surface area contributed by atoms with Crippen molar-refractivity contribution in [2.45, 2.75) is 26.2 Å². The summed E-state index contributed by atoms with van der Waals surface area (Å²) < 4.78 is 13.9. The van der Waals surface area contributed by atoms with Gasteiger partial charge < -0.3 is 20.9 Å². The summed E-state index contributed by atoms with van der Waals surface area (Å²) in [5, 5.41) is 8.14. The minimum absolute atomic E-state index is 0.0890. The number of carbonyl (C=O) groups excluding carboxylic acids is 2. The van der Waals surface area contributed by atoms with Crippen LogP contribution in [0.1, 0.15) is 26.2 Å². The molecule has 0 aromatic heterocycles. The van der Waals surface area contributed by atoms with Crippen LogP contribution in [0.2, 0.25) is 0 Å². The maximum atomic E-state index is 13.9. The van der Waals surface area contributed by atoms with Gasteiger partial charge in [-0.1, -0.05) is 0 Å². The van der Waals surface area contributed by atoms with Gasteiger partial charge >= 0.3 is 0 Å². The van der Waals surface area contributed by atoms with Crippen molar-refractivity contribution in [2.75, 3.05) is 40.5 Å². The van der Waals surface area contributed by atoms with Crippen LogP contribution in [0.15, 0.2) is 42.5 Å². The fourth-order valence-corrected chi connectivity index (χ4v) is 3.23. The van der Waals surface area contributed by atoms with E-state index < -0.39 is 5.82 Å². The van der Waals surface area contributed by atoms with E-state index in [9.17, 15) is 14.0 Å². The molecular formula is C21H25FN4O2. The minimum atomic E-state index is -0.493. The number of hydrogen-bond acceptors (Lipinski definition) is 4. The molecule has 0 unspecified atom stereocenters. The first-order valence-electron chi connectivity index (χ1n) is 9.47. The van der Waals surface area contributed by atoms with Crippen LogP contribution in [0.5, 0.6) is 0 Å². The number of halogens is 1. The molecule has 0 saturated carbocycles. The molecule has 0 spiro atoms. The first kappa shape index (κ1) is 19.7. The Morgan fingerprint density at radius 3 is 2.32 bits per heavy atom. The highest BCUT2D eigenvalue weighted by atomic mass is 19.1. The molecule has 0 radical (unpaired) electrons. The van der Waals surface area contributed by atoms with Crippen LogP contribution in [0.25, 0.3) is 0 Å². The summed E-state index contributed by atoms with van der Waals surface area (Å²) in [6.07, 6.45) is 3.71. The predicted octanol–water partition coefficient (Wildman–Crippen LogP) is 3.83. The molecule has 1 saturated heterocycles. The fraction of sp³-hybridized carbons (Fsp3) is 0.333. The van der Waals surface area contributed by atoms with Crippen molar-refractivity contribution in [1.82, 2.24) is 0 Å². The average Bonchev–Trinajstić information content (AvgIpc) is 2.69. The van der Waals surface area contributed by atoms with Crippen LogP contribution in [-0.2, 0) is 9.59 Å². The molecule has 2 amide bonds. The van der Waals surface area contributed by atoms with Gasteiger partial charge in [-0.05, 0) is 61.7 Å². The Morgan fingerprint density at radius 1 is 0.964 bits per heavy atom. The van der Waals surface area contributed by atoms with Gasteiger partial charge in [0.25, 0.3) is 0 Å². The highest BCUT2D eigenvalue weighted by molar-refractivity contribution is 5.94. The van der Waals surface area contributed by atoms with Crippen LogP contribution >= 0.6 is 0 Å². The molecule has 0 atom stereocenters. The molecule has 28 heavy (non-hydrogen) atoms. The Kier molecular flexibility index (Phi) is 6.47. The molecule has 1 aliphatic heterocycles. The van der Waals surface area contributed by atoms with E-state index in [2.05, 4.69) is 20.9 Å². The van der Waals surface area contributed by atoms with Crippen molar-refractivity contribution in [3.8, 4) is 0 Å². The second-order valence-corrected chi connectivity index (χ2v) is 6.87. The number of amides is 2. The molecule has 1 fully saturated rings. The van der Waals surface area contributed by atoms with E-state index in [1.807, 2.05) is 24.3 Å². The molecular weight excluding hydrogens is 359 g/mol. The largest absolute Gasteiger partial charge is 0.374 e. The Labute approximate surface area is 164 Å². The number of hydrogen-bond donors (Lipinski definition) is 3. The highest BCUT2D eigenvalue weighted by Gasteiger charge is 2.11. The number of carbonyl (C=O) groups is 2. The summed E-state index contributed by atoms with van der Waals surface area (Å²) in [4.78, 5) is 25.6. The molecule has 3 N–H and O–H groups in total. The van der Waals surface area contributed by atoms with Crippen molar-refractivity contribution < 1.29 is 14.0 Å². The summed E-state index contributed by atoms with van der Waals surface area (Å²) in [7, 11) is 0. The SMILES string of the molecule is CC(=O)Nc1ccc(F)c(NCC(=O)Nc2ccc(N3CCCCC3)cc2)c1. The van der Waals surface area contributed by atoms with Crippen LogP contribution in [0.4, 0.5) is 27.1 Å². The van der Waals surface area contributed by atoms with Gasteiger partial charge in [0.2, 0.25) is 11.8 Å². The maximum Gasteiger partial charge on any atom is 0.243 e. The quantitative estimate of drug-likeness (QED) is 0.708. The highest BCUT2D eigenvalue weighted by Crippen LogP contribution is 2.22. The third kappa shape index (κ3) is 5.45. The van der Waals surface area contributed by atoms with Gasteiger partial charge in [0.1, 0.15) is 5.82 Å². The Balaban J connectivity index is 1.53. The molecule has 6 nitrogen and oxygen atoms in total. The van der Waals surface area contributed by atoms with Crippen LogP contribution < -0.4 is 20.9 Å². The van der Waals surface area contributed by atoms with E-state index >= 15 is 0 Å². The van der Waals surface area contributed by atoms with Gasteiger partial charge in [0.05, 0.1) is 12.2 Å². The van der Waals surface area contributed by atoms with Crippen molar-refractivity contribution in [3.63, 3.8) is 0 Å². The van der Waals surface area contributed by atoms with Crippen LogP contribution in [-0.4, -0.2) is 31.4 Å². The monoisotopic (exact) mass is 384 g/mol. The maximum absolute atomic E-state index is 13.9. The van der Waals surface area contributed by atoms with Crippen molar-refractivity contribution >= 4 is 34.6 Å². The number of anilines is 4. The molecule has 0 aliphatic carbocycles. The number of nitrogens with one attached hydrogen (secondary N) is 3. The lowest BCUT2D eigenvalue weighted by atomic mass is 10.1. The van der Waals surface area contributed by atoms with E-state index in [4.69, 9.17) is 0 Å². The average molecular weight is 384 g/mol. The standard InChI is InChI=1S/C21H25FN4O2/c1-15(27)24-17-7-10-19(22)20(13-17)23-14-21(28)25-16-5-8-18(9-6-16)26-11-3-2-4-12-26/h5-10,13,23H,2-4,11-12,14H2,1H3,(H,24,27)(H,25,28). The summed E-state index contributed by atoms with van der Waals surface area (Å²) in [5.41, 5.74) is 2.47. The zero-order chi connectivity index (χ0) is 19.9. The number of nitrogens with zero attached hydrogens (tertiary/aromatic N) is 1. The minimum Gasteiger partial charge on any atom is -0.374 e. The van der Waals surface area contributed by atoms with Crippen molar-refractivity contribution in [2.24, 2.45) is 0 Å². The van der Waals surface area contributed by atoms with Gasteiger partial charge in [-0.15, -0.1) is 0 Å². The van der Waals surface area contributed by atoms with Gasteiger partial charge in [-0.25, -0.2) is 4.39 Å². The van der Waals surface area contributed by atoms with Crippen LogP contribution in [0, 0.1) is 5.82 Å². The number of benzene rings is 2. The number of rotatable bonds is 6. The molecule has 148 valence electrons. The number of piperidine rings is 1. The van der Waals surface area contributed by atoms with Crippen LogP contribution in [0.3, 0.4) is 0 Å². The van der Waals surface area contributed by atoms with Gasteiger partial charge in [0.15, 0.2) is 0 Å². The fourth-order valence-electron chi connectivity index (χ4n) is 3.23. The lowest BCUT2D eigenvalue weighted by molar-refractivity contribution is -0.115. The van der Waals surface area contributed by atoms with Gasteiger partial charge in [-0.3, -0.25) is 9.59 Å². The molecule has 0 bridgehead atoms. The third-order valence-corrected chi connectivity index (χ3v) is 4.60. The van der Waals surface area contributed by atoms with Gasteiger partial charge in [0, 0.05) is 37.1 Å². The summed E-state index contributed by atoms with van der Waals surface area (Å²) in [6.45, 7) is 3.42. The Bertz CT molecular complexity index is 833. The molecule has 1 heterocycles. The smallest absolute Gasteiger partial charge is 0.243 e. The lowest BCUT2D eigenvalue weighted by Crippen LogP contribution is -2.29. The molecule has 2 aromatic carbocycles. The molecule has 1 aliphatic rings. The Hall–Kier alpha value is -3.09. The second kappa shape index (κ2) is 9.21. The zero-order valence-electron chi connectivity index (χ0n) is 15.9. The first-order chi connectivity index (χ1) is 13.5. The molecule has 3 rings (SSSR count). The van der Waals surface area contributed by atoms with E-state index in [1.54, 1.807) is 0 Å². The van der Waals surface area contributed by atoms with E-state index in [1.165, 1.54) is 44.4 Å². The first-order valence-corrected chi connectivity index (χ1v) is 9.47. The Morgan fingerprint density at radius 2 is 1.64 bits per heavy atom. The molecule has 7 heteroatoms. The van der Waals surface area contributed by atoms with E-state index in [0.29, 0.717) is 11.4 Å². The second-order valence-electron chi connectivity index (χ2n) is 6.87. The normalized spacial score (nSPS) is 13.7. The topological polar surface area (TPSA) is 73.5 Å². The van der Waals surface area contributed by atoms with Crippen molar-refractivity contribution in [3.05, 3.63) is 48.3 Å².